The van der Waals surface area contributed by atoms with Gasteiger partial charge in [0.25, 0.3) is 0 Å². The van der Waals surface area contributed by atoms with Crippen LogP contribution in [0.3, 0.4) is 0 Å². The van der Waals surface area contributed by atoms with Gasteiger partial charge in [0.1, 0.15) is 24.3 Å². The fraction of sp³-hybridized carbons (Fsp3) is 0.412. The van der Waals surface area contributed by atoms with Crippen LogP contribution in [0, 0.1) is 11.7 Å². The predicted octanol–water partition coefficient (Wildman–Crippen LogP) is 3.00. The Morgan fingerprint density at radius 3 is 2.50 bits per heavy atom. The fourth-order valence-corrected chi connectivity index (χ4v) is 2.60. The summed E-state index contributed by atoms with van der Waals surface area (Å²) in [5.74, 6) is 1.93. The summed E-state index contributed by atoms with van der Waals surface area (Å²) in [6.07, 6.45) is 4.00. The maximum Gasteiger partial charge on any atom is 0.151 e. The first-order valence-corrected chi connectivity index (χ1v) is 8.07. The van der Waals surface area contributed by atoms with Gasteiger partial charge in [-0.15, -0.1) is 0 Å². The average molecular weight is 328 g/mol. The van der Waals surface area contributed by atoms with E-state index in [4.69, 9.17) is 4.98 Å². The summed E-state index contributed by atoms with van der Waals surface area (Å²) in [5, 5.41) is 8.79. The molecule has 0 amide bonds. The SMILES string of the molecule is CC(C)Cc1nc([C@H](C)Cn2cncn2)n(-c2ccc(F)cc2)n1. The van der Waals surface area contributed by atoms with Crippen molar-refractivity contribution in [3.8, 4) is 5.69 Å². The normalized spacial score (nSPS) is 12.7. The van der Waals surface area contributed by atoms with Crippen LogP contribution >= 0.6 is 0 Å². The van der Waals surface area contributed by atoms with Gasteiger partial charge in [0, 0.05) is 12.3 Å². The molecule has 0 radical (unpaired) electrons. The van der Waals surface area contributed by atoms with Crippen molar-refractivity contribution in [1.82, 2.24) is 29.5 Å². The minimum absolute atomic E-state index is 0.0881. The van der Waals surface area contributed by atoms with Crippen molar-refractivity contribution in [3.05, 3.63) is 54.4 Å². The van der Waals surface area contributed by atoms with Crippen molar-refractivity contribution in [3.63, 3.8) is 0 Å². The molecule has 0 saturated heterocycles. The summed E-state index contributed by atoms with van der Waals surface area (Å²) >= 11 is 0. The van der Waals surface area contributed by atoms with E-state index in [0.29, 0.717) is 12.5 Å². The van der Waals surface area contributed by atoms with Crippen LogP contribution in [0.2, 0.25) is 0 Å². The Hall–Kier alpha value is -2.57. The van der Waals surface area contributed by atoms with Crippen molar-refractivity contribution in [2.45, 2.75) is 39.7 Å². The molecule has 0 spiro atoms. The zero-order valence-corrected chi connectivity index (χ0v) is 14.1. The second-order valence-corrected chi connectivity index (χ2v) is 6.39. The zero-order chi connectivity index (χ0) is 17.1. The van der Waals surface area contributed by atoms with E-state index in [1.54, 1.807) is 27.8 Å². The van der Waals surface area contributed by atoms with E-state index in [-0.39, 0.29) is 11.7 Å². The average Bonchev–Trinajstić information content (AvgIpc) is 3.17. The third kappa shape index (κ3) is 3.67. The maximum absolute atomic E-state index is 13.2. The molecule has 2 aromatic heterocycles. The van der Waals surface area contributed by atoms with Crippen LogP contribution in [-0.2, 0) is 13.0 Å². The highest BCUT2D eigenvalue weighted by Crippen LogP contribution is 2.20. The molecule has 1 aromatic carbocycles. The molecule has 0 N–H and O–H groups in total. The minimum atomic E-state index is -0.265. The topological polar surface area (TPSA) is 61.4 Å². The highest BCUT2D eigenvalue weighted by molar-refractivity contribution is 5.32. The summed E-state index contributed by atoms with van der Waals surface area (Å²) in [5.41, 5.74) is 0.805. The lowest BCUT2D eigenvalue weighted by Crippen LogP contribution is -2.12. The van der Waals surface area contributed by atoms with E-state index < -0.39 is 0 Å². The standard InChI is InChI=1S/C17H21FN6/c1-12(2)8-16-21-17(13(3)9-23-11-19-10-20-23)24(22-16)15-6-4-14(18)5-7-15/h4-7,10-13H,8-9H2,1-3H3/t13-/m1/s1. The van der Waals surface area contributed by atoms with Crippen molar-refractivity contribution in [2.24, 2.45) is 5.92 Å². The van der Waals surface area contributed by atoms with Crippen LogP contribution in [0.25, 0.3) is 5.69 Å². The number of nitrogens with zero attached hydrogens (tertiary/aromatic N) is 6. The lowest BCUT2D eigenvalue weighted by molar-refractivity contribution is 0.514. The van der Waals surface area contributed by atoms with E-state index in [9.17, 15) is 4.39 Å². The van der Waals surface area contributed by atoms with Crippen molar-refractivity contribution in [2.75, 3.05) is 0 Å². The Kier molecular flexibility index (Phi) is 4.69. The molecule has 0 aliphatic rings. The highest BCUT2D eigenvalue weighted by atomic mass is 19.1. The number of aromatic nitrogens is 6. The van der Waals surface area contributed by atoms with Gasteiger partial charge in [0.05, 0.1) is 12.2 Å². The van der Waals surface area contributed by atoms with Gasteiger partial charge in [-0.25, -0.2) is 19.0 Å². The number of hydrogen-bond donors (Lipinski definition) is 0. The van der Waals surface area contributed by atoms with E-state index in [1.807, 2.05) is 0 Å². The third-order valence-corrected chi connectivity index (χ3v) is 3.71. The lowest BCUT2D eigenvalue weighted by Gasteiger charge is -2.12. The Morgan fingerprint density at radius 1 is 1.12 bits per heavy atom. The summed E-state index contributed by atoms with van der Waals surface area (Å²) in [4.78, 5) is 8.70. The molecule has 0 unspecified atom stereocenters. The van der Waals surface area contributed by atoms with Gasteiger partial charge in [0.2, 0.25) is 0 Å². The summed E-state index contributed by atoms with van der Waals surface area (Å²) in [7, 11) is 0. The predicted molar refractivity (Wildman–Crippen MR) is 88.3 cm³/mol. The Balaban J connectivity index is 1.95. The largest absolute Gasteiger partial charge is 0.252 e. The molecule has 6 nitrogen and oxygen atoms in total. The van der Waals surface area contributed by atoms with Gasteiger partial charge in [-0.3, -0.25) is 4.68 Å². The van der Waals surface area contributed by atoms with Crippen LogP contribution in [0.4, 0.5) is 4.39 Å². The molecule has 0 saturated carbocycles. The molecule has 24 heavy (non-hydrogen) atoms. The monoisotopic (exact) mass is 328 g/mol. The van der Waals surface area contributed by atoms with Crippen LogP contribution in [0.15, 0.2) is 36.9 Å². The van der Waals surface area contributed by atoms with Crippen LogP contribution in [0.1, 0.15) is 38.3 Å². The highest BCUT2D eigenvalue weighted by Gasteiger charge is 2.19. The number of halogens is 1. The molecule has 3 aromatic rings. The van der Waals surface area contributed by atoms with Crippen molar-refractivity contribution in [1.29, 1.82) is 0 Å². The molecule has 0 fully saturated rings. The summed E-state index contributed by atoms with van der Waals surface area (Å²) in [6, 6.07) is 6.31. The molecule has 3 rings (SSSR count). The van der Waals surface area contributed by atoms with Crippen LogP contribution in [0.5, 0.6) is 0 Å². The third-order valence-electron chi connectivity index (χ3n) is 3.71. The van der Waals surface area contributed by atoms with Gasteiger partial charge in [-0.1, -0.05) is 20.8 Å². The molecule has 1 atom stereocenters. The molecule has 0 bridgehead atoms. The second kappa shape index (κ2) is 6.90. The number of rotatable bonds is 6. The van der Waals surface area contributed by atoms with E-state index >= 15 is 0 Å². The second-order valence-electron chi connectivity index (χ2n) is 6.39. The first kappa shape index (κ1) is 16.3. The molecule has 2 heterocycles. The Labute approximate surface area is 140 Å². The summed E-state index contributed by atoms with van der Waals surface area (Å²) < 4.78 is 16.8. The Morgan fingerprint density at radius 2 is 1.88 bits per heavy atom. The van der Waals surface area contributed by atoms with E-state index in [2.05, 4.69) is 36.0 Å². The zero-order valence-electron chi connectivity index (χ0n) is 14.1. The molecule has 126 valence electrons. The molecular weight excluding hydrogens is 307 g/mol. The van der Waals surface area contributed by atoms with Gasteiger partial charge in [-0.2, -0.15) is 10.2 Å². The number of hydrogen-bond acceptors (Lipinski definition) is 4. The smallest absolute Gasteiger partial charge is 0.151 e. The first-order chi connectivity index (χ1) is 11.5. The minimum Gasteiger partial charge on any atom is -0.252 e. The van der Waals surface area contributed by atoms with E-state index in [1.165, 1.54) is 18.5 Å². The van der Waals surface area contributed by atoms with Gasteiger partial charge < -0.3 is 0 Å². The number of benzene rings is 1. The van der Waals surface area contributed by atoms with Crippen molar-refractivity contribution >= 4 is 0 Å². The fourth-order valence-electron chi connectivity index (χ4n) is 2.60. The van der Waals surface area contributed by atoms with Crippen molar-refractivity contribution < 1.29 is 4.39 Å². The molecule has 0 aliphatic carbocycles. The quantitative estimate of drug-likeness (QED) is 0.698. The first-order valence-electron chi connectivity index (χ1n) is 8.07. The van der Waals surface area contributed by atoms with Crippen LogP contribution in [-0.4, -0.2) is 29.5 Å². The molecule has 0 aliphatic heterocycles. The van der Waals surface area contributed by atoms with E-state index in [0.717, 1.165) is 23.8 Å². The van der Waals surface area contributed by atoms with Gasteiger partial charge >= 0.3 is 0 Å². The van der Waals surface area contributed by atoms with Crippen LogP contribution < -0.4 is 0 Å². The van der Waals surface area contributed by atoms with Gasteiger partial charge in [0.15, 0.2) is 5.82 Å². The molecule has 7 heteroatoms. The summed E-state index contributed by atoms with van der Waals surface area (Å²) in [6.45, 7) is 7.00. The maximum atomic E-state index is 13.2. The van der Waals surface area contributed by atoms with Gasteiger partial charge in [-0.05, 0) is 30.2 Å². The molecular formula is C17H21FN6. The lowest BCUT2D eigenvalue weighted by atomic mass is 10.1. The Bertz CT molecular complexity index is 776.